The van der Waals surface area contributed by atoms with Crippen LogP contribution in [0.4, 0.5) is 0 Å². The van der Waals surface area contributed by atoms with Crippen molar-refractivity contribution in [1.82, 2.24) is 9.55 Å². The zero-order valence-corrected chi connectivity index (χ0v) is 9.19. The highest BCUT2D eigenvalue weighted by atomic mass is 16.5. The molecule has 1 aliphatic heterocycles. The summed E-state index contributed by atoms with van der Waals surface area (Å²) in [5, 5.41) is 0. The number of hydrogen-bond donors (Lipinski definition) is 0. The molecule has 1 aliphatic rings. The molecule has 1 saturated heterocycles. The fraction of sp³-hybridized carbons (Fsp3) is 0.636. The van der Waals surface area contributed by atoms with Gasteiger partial charge in [-0.1, -0.05) is 0 Å². The second-order valence-electron chi connectivity index (χ2n) is 4.00. The van der Waals surface area contributed by atoms with Crippen LogP contribution in [0.5, 0.6) is 0 Å². The normalized spacial score (nSPS) is 18.0. The first-order valence-corrected chi connectivity index (χ1v) is 5.30. The Morgan fingerprint density at radius 1 is 1.53 bits per heavy atom. The molecule has 2 heterocycles. The van der Waals surface area contributed by atoms with Crippen LogP contribution in [-0.2, 0) is 11.8 Å². The van der Waals surface area contributed by atoms with Crippen LogP contribution in [0.1, 0.15) is 29.2 Å². The molecule has 4 nitrogen and oxygen atoms in total. The lowest BCUT2D eigenvalue weighted by atomic mass is 9.94. The summed E-state index contributed by atoms with van der Waals surface area (Å²) in [6.45, 7) is 3.31. The van der Waals surface area contributed by atoms with E-state index in [1.807, 2.05) is 18.5 Å². The van der Waals surface area contributed by atoms with Gasteiger partial charge in [0.15, 0.2) is 5.78 Å². The summed E-state index contributed by atoms with van der Waals surface area (Å²) in [6, 6.07) is 0. The minimum atomic E-state index is 0.119. The van der Waals surface area contributed by atoms with Gasteiger partial charge < -0.3 is 9.30 Å². The number of aromatic nitrogens is 2. The molecule has 1 fully saturated rings. The molecule has 2 rings (SSSR count). The van der Waals surface area contributed by atoms with E-state index in [-0.39, 0.29) is 11.7 Å². The third kappa shape index (κ3) is 1.95. The van der Waals surface area contributed by atoms with Crippen molar-refractivity contribution >= 4 is 5.78 Å². The Morgan fingerprint density at radius 3 is 2.73 bits per heavy atom. The van der Waals surface area contributed by atoms with Crippen molar-refractivity contribution in [3.8, 4) is 0 Å². The first-order chi connectivity index (χ1) is 7.20. The van der Waals surface area contributed by atoms with Gasteiger partial charge in [-0.25, -0.2) is 4.98 Å². The fourth-order valence-electron chi connectivity index (χ4n) is 1.90. The lowest BCUT2D eigenvalue weighted by Gasteiger charge is -2.20. The summed E-state index contributed by atoms with van der Waals surface area (Å²) in [7, 11) is 1.88. The average Bonchev–Trinajstić information content (AvgIpc) is 2.60. The number of rotatable bonds is 2. The maximum Gasteiger partial charge on any atom is 0.184 e. The summed E-state index contributed by atoms with van der Waals surface area (Å²) in [5.74, 6) is 1.21. The van der Waals surface area contributed by atoms with Gasteiger partial charge in [-0.3, -0.25) is 4.79 Å². The van der Waals surface area contributed by atoms with Gasteiger partial charge in [0.25, 0.3) is 0 Å². The fourth-order valence-corrected chi connectivity index (χ4v) is 1.90. The predicted octanol–water partition coefficient (Wildman–Crippen LogP) is 1.34. The van der Waals surface area contributed by atoms with Crippen molar-refractivity contribution < 1.29 is 9.53 Å². The minimum absolute atomic E-state index is 0.119. The largest absolute Gasteiger partial charge is 0.381 e. The number of aryl methyl sites for hydroxylation is 1. The number of Topliss-reactive ketones (excluding diaryl/α,β-unsaturated/α-hetero) is 1. The van der Waals surface area contributed by atoms with E-state index in [0.717, 1.165) is 24.4 Å². The topological polar surface area (TPSA) is 44.1 Å². The molecule has 0 bridgehead atoms. The quantitative estimate of drug-likeness (QED) is 0.689. The van der Waals surface area contributed by atoms with Crippen LogP contribution in [0.15, 0.2) is 6.20 Å². The summed E-state index contributed by atoms with van der Waals surface area (Å²) >= 11 is 0. The van der Waals surface area contributed by atoms with Gasteiger partial charge in [-0.15, -0.1) is 0 Å². The Kier molecular flexibility index (Phi) is 2.86. The molecule has 82 valence electrons. The van der Waals surface area contributed by atoms with E-state index in [2.05, 4.69) is 4.98 Å². The SMILES string of the molecule is Cc1ncc(C(=O)C2CCOCC2)n1C. The summed E-state index contributed by atoms with van der Waals surface area (Å²) in [4.78, 5) is 16.3. The van der Waals surface area contributed by atoms with Crippen LogP contribution in [0.25, 0.3) is 0 Å². The summed E-state index contributed by atoms with van der Waals surface area (Å²) in [5.41, 5.74) is 0.722. The van der Waals surface area contributed by atoms with Gasteiger partial charge in [0.2, 0.25) is 0 Å². The standard InChI is InChI=1S/C11H16N2O2/c1-8-12-7-10(13(8)2)11(14)9-3-5-15-6-4-9/h7,9H,3-6H2,1-2H3. The lowest BCUT2D eigenvalue weighted by molar-refractivity contribution is 0.0539. The average molecular weight is 208 g/mol. The van der Waals surface area contributed by atoms with Gasteiger partial charge in [0.1, 0.15) is 11.5 Å². The smallest absolute Gasteiger partial charge is 0.184 e. The van der Waals surface area contributed by atoms with Crippen molar-refractivity contribution in [1.29, 1.82) is 0 Å². The molecular weight excluding hydrogens is 192 g/mol. The molecule has 0 radical (unpaired) electrons. The second kappa shape index (κ2) is 4.14. The number of nitrogens with zero attached hydrogens (tertiary/aromatic N) is 2. The lowest BCUT2D eigenvalue weighted by Crippen LogP contribution is -2.25. The Morgan fingerprint density at radius 2 is 2.20 bits per heavy atom. The zero-order valence-electron chi connectivity index (χ0n) is 9.19. The van der Waals surface area contributed by atoms with Crippen LogP contribution in [0.2, 0.25) is 0 Å². The Labute approximate surface area is 89.3 Å². The molecular formula is C11H16N2O2. The molecule has 0 aliphatic carbocycles. The Balaban J connectivity index is 2.16. The van der Waals surface area contributed by atoms with Crippen molar-refractivity contribution in [2.45, 2.75) is 19.8 Å². The van der Waals surface area contributed by atoms with E-state index in [1.54, 1.807) is 6.20 Å². The van der Waals surface area contributed by atoms with Crippen LogP contribution in [0, 0.1) is 12.8 Å². The molecule has 15 heavy (non-hydrogen) atoms. The molecule has 0 spiro atoms. The summed E-state index contributed by atoms with van der Waals surface area (Å²) < 4.78 is 7.11. The van der Waals surface area contributed by atoms with E-state index in [4.69, 9.17) is 4.74 Å². The highest BCUT2D eigenvalue weighted by molar-refractivity contribution is 5.96. The van der Waals surface area contributed by atoms with Crippen LogP contribution < -0.4 is 0 Å². The number of ketones is 1. The Bertz CT molecular complexity index is 365. The molecule has 0 aromatic carbocycles. The van der Waals surface area contributed by atoms with Gasteiger partial charge in [0.05, 0.1) is 6.20 Å². The third-order valence-electron chi connectivity index (χ3n) is 3.06. The maximum atomic E-state index is 12.1. The molecule has 0 unspecified atom stereocenters. The van der Waals surface area contributed by atoms with E-state index in [1.165, 1.54) is 0 Å². The predicted molar refractivity (Wildman–Crippen MR) is 55.8 cm³/mol. The Hall–Kier alpha value is -1.16. The van der Waals surface area contributed by atoms with Crippen LogP contribution in [0.3, 0.4) is 0 Å². The highest BCUT2D eigenvalue weighted by Gasteiger charge is 2.25. The van der Waals surface area contributed by atoms with Crippen molar-refractivity contribution in [2.24, 2.45) is 13.0 Å². The van der Waals surface area contributed by atoms with Crippen molar-refractivity contribution in [3.05, 3.63) is 17.7 Å². The van der Waals surface area contributed by atoms with Gasteiger partial charge in [-0.05, 0) is 19.8 Å². The van der Waals surface area contributed by atoms with Crippen LogP contribution in [-0.4, -0.2) is 28.5 Å². The van der Waals surface area contributed by atoms with E-state index < -0.39 is 0 Å². The first kappa shape index (κ1) is 10.4. The number of carbonyl (C=O) groups excluding carboxylic acids is 1. The van der Waals surface area contributed by atoms with Gasteiger partial charge in [0, 0.05) is 26.2 Å². The number of ether oxygens (including phenoxy) is 1. The monoisotopic (exact) mass is 208 g/mol. The van der Waals surface area contributed by atoms with E-state index in [0.29, 0.717) is 13.2 Å². The molecule has 0 atom stereocenters. The van der Waals surface area contributed by atoms with E-state index in [9.17, 15) is 4.79 Å². The molecule has 1 aromatic heterocycles. The van der Waals surface area contributed by atoms with Gasteiger partial charge >= 0.3 is 0 Å². The molecule has 4 heteroatoms. The molecule has 0 amide bonds. The second-order valence-corrected chi connectivity index (χ2v) is 4.00. The number of imidazole rings is 1. The molecule has 1 aromatic rings. The molecule has 0 N–H and O–H groups in total. The zero-order chi connectivity index (χ0) is 10.8. The minimum Gasteiger partial charge on any atom is -0.381 e. The first-order valence-electron chi connectivity index (χ1n) is 5.30. The van der Waals surface area contributed by atoms with Gasteiger partial charge in [-0.2, -0.15) is 0 Å². The highest BCUT2D eigenvalue weighted by Crippen LogP contribution is 2.20. The van der Waals surface area contributed by atoms with Crippen molar-refractivity contribution in [2.75, 3.05) is 13.2 Å². The summed E-state index contributed by atoms with van der Waals surface area (Å²) in [6.07, 6.45) is 3.35. The number of carbonyl (C=O) groups is 1. The van der Waals surface area contributed by atoms with Crippen molar-refractivity contribution in [3.63, 3.8) is 0 Å². The number of hydrogen-bond acceptors (Lipinski definition) is 3. The maximum absolute atomic E-state index is 12.1. The van der Waals surface area contributed by atoms with E-state index >= 15 is 0 Å². The third-order valence-corrected chi connectivity index (χ3v) is 3.06. The molecule has 0 saturated carbocycles. The van der Waals surface area contributed by atoms with Crippen LogP contribution >= 0.6 is 0 Å².